The third-order valence-corrected chi connectivity index (χ3v) is 5.77. The van der Waals surface area contributed by atoms with Gasteiger partial charge in [-0.1, -0.05) is 19.3 Å². The monoisotopic (exact) mass is 465 g/mol. The number of guanidine groups is 1. The number of nitrogens with one attached hydrogen (secondary N) is 1. The van der Waals surface area contributed by atoms with E-state index in [-0.39, 0.29) is 29.5 Å². The summed E-state index contributed by atoms with van der Waals surface area (Å²) in [4.78, 5) is 13.6. The van der Waals surface area contributed by atoms with Crippen LogP contribution in [0.15, 0.2) is 10.4 Å². The van der Waals surface area contributed by atoms with E-state index in [9.17, 15) is 0 Å². The second-order valence-corrected chi connectivity index (χ2v) is 7.86. The van der Waals surface area contributed by atoms with Crippen molar-refractivity contribution in [1.82, 2.24) is 20.1 Å². The molecule has 24 heavy (non-hydrogen) atoms. The lowest BCUT2D eigenvalue weighted by Gasteiger charge is -2.43. The van der Waals surface area contributed by atoms with Gasteiger partial charge in [-0.3, -0.25) is 4.99 Å². The number of aromatic nitrogens is 1. The van der Waals surface area contributed by atoms with Crippen molar-refractivity contribution in [3.05, 3.63) is 16.1 Å². The smallest absolute Gasteiger partial charge is 0.193 e. The number of halogens is 1. The number of rotatable bonds is 5. The largest absolute Gasteiger partial charge is 0.354 e. The molecule has 138 valence electrons. The highest BCUT2D eigenvalue weighted by molar-refractivity contribution is 14.0. The van der Waals surface area contributed by atoms with Crippen molar-refractivity contribution in [2.45, 2.75) is 51.1 Å². The molecule has 7 heteroatoms. The fourth-order valence-corrected chi connectivity index (χ4v) is 4.02. The van der Waals surface area contributed by atoms with E-state index in [2.05, 4.69) is 51.6 Å². The Balaban J connectivity index is 0.00000288. The highest BCUT2D eigenvalue weighted by Gasteiger charge is 2.34. The molecular formula is C17H32IN5S. The minimum absolute atomic E-state index is 0. The molecule has 2 rings (SSSR count). The first-order chi connectivity index (χ1) is 11.0. The Morgan fingerprint density at radius 3 is 2.46 bits per heavy atom. The zero-order valence-electron chi connectivity index (χ0n) is 15.6. The van der Waals surface area contributed by atoms with Gasteiger partial charge in [0.2, 0.25) is 0 Å². The van der Waals surface area contributed by atoms with Crippen LogP contribution in [-0.2, 0) is 6.54 Å². The summed E-state index contributed by atoms with van der Waals surface area (Å²) in [6, 6.07) is 0. The maximum Gasteiger partial charge on any atom is 0.193 e. The van der Waals surface area contributed by atoms with Gasteiger partial charge >= 0.3 is 0 Å². The van der Waals surface area contributed by atoms with E-state index in [4.69, 9.17) is 0 Å². The van der Waals surface area contributed by atoms with Crippen molar-refractivity contribution in [3.8, 4) is 0 Å². The lowest BCUT2D eigenvalue weighted by atomic mass is 9.80. The fraction of sp³-hybridized carbons (Fsp3) is 0.765. The van der Waals surface area contributed by atoms with Crippen molar-refractivity contribution < 1.29 is 0 Å². The third-order valence-electron chi connectivity index (χ3n) is 4.95. The van der Waals surface area contributed by atoms with Gasteiger partial charge in [-0.2, -0.15) is 0 Å². The van der Waals surface area contributed by atoms with Crippen molar-refractivity contribution in [2.24, 2.45) is 4.99 Å². The van der Waals surface area contributed by atoms with E-state index in [1.54, 1.807) is 11.3 Å². The second-order valence-electron chi connectivity index (χ2n) is 6.79. The van der Waals surface area contributed by atoms with E-state index in [0.717, 1.165) is 29.8 Å². The summed E-state index contributed by atoms with van der Waals surface area (Å²) >= 11 is 1.70. The zero-order chi connectivity index (χ0) is 16.9. The predicted molar refractivity (Wildman–Crippen MR) is 115 cm³/mol. The summed E-state index contributed by atoms with van der Waals surface area (Å²) < 4.78 is 0. The topological polar surface area (TPSA) is 43.8 Å². The van der Waals surface area contributed by atoms with Gasteiger partial charge in [0, 0.05) is 31.6 Å². The molecular weight excluding hydrogens is 433 g/mol. The molecule has 5 nitrogen and oxygen atoms in total. The molecule has 0 aliphatic heterocycles. The normalized spacial score (nSPS) is 17.5. The fourth-order valence-electron chi connectivity index (χ4n) is 3.42. The van der Waals surface area contributed by atoms with Crippen LogP contribution in [0.3, 0.4) is 0 Å². The van der Waals surface area contributed by atoms with Gasteiger partial charge in [-0.05, 0) is 33.9 Å². The van der Waals surface area contributed by atoms with Crippen LogP contribution in [0.4, 0.5) is 0 Å². The van der Waals surface area contributed by atoms with Crippen molar-refractivity contribution >= 4 is 41.3 Å². The quantitative estimate of drug-likeness (QED) is 0.412. The summed E-state index contributed by atoms with van der Waals surface area (Å²) in [5.74, 6) is 0.947. The molecule has 1 aromatic heterocycles. The minimum atomic E-state index is 0. The highest BCUT2D eigenvalue weighted by atomic mass is 127. The second kappa shape index (κ2) is 9.91. The van der Waals surface area contributed by atoms with Gasteiger partial charge in [-0.25, -0.2) is 4.98 Å². The summed E-state index contributed by atoms with van der Waals surface area (Å²) in [6.45, 7) is 3.79. The molecule has 1 heterocycles. The molecule has 1 aliphatic carbocycles. The van der Waals surface area contributed by atoms with Gasteiger partial charge in [-0.15, -0.1) is 35.3 Å². The van der Waals surface area contributed by atoms with Crippen molar-refractivity contribution in [3.63, 3.8) is 0 Å². The van der Waals surface area contributed by atoms with Gasteiger partial charge in [0.05, 0.1) is 17.2 Å². The average Bonchev–Trinajstić information content (AvgIpc) is 2.93. The van der Waals surface area contributed by atoms with Gasteiger partial charge in [0.15, 0.2) is 5.96 Å². The molecule has 0 spiro atoms. The van der Waals surface area contributed by atoms with E-state index < -0.39 is 0 Å². The first-order valence-electron chi connectivity index (χ1n) is 8.47. The molecule has 1 saturated carbocycles. The van der Waals surface area contributed by atoms with Crippen LogP contribution in [-0.4, -0.2) is 61.0 Å². The highest BCUT2D eigenvalue weighted by Crippen LogP contribution is 2.31. The summed E-state index contributed by atoms with van der Waals surface area (Å²) in [6.07, 6.45) is 6.55. The number of hydrogen-bond acceptors (Lipinski definition) is 4. The molecule has 1 aromatic rings. The molecule has 0 amide bonds. The van der Waals surface area contributed by atoms with Crippen LogP contribution in [0.25, 0.3) is 0 Å². The Hall–Kier alpha value is -0.410. The van der Waals surface area contributed by atoms with E-state index in [0.29, 0.717) is 0 Å². The zero-order valence-corrected chi connectivity index (χ0v) is 18.8. The van der Waals surface area contributed by atoms with Crippen LogP contribution in [0.2, 0.25) is 0 Å². The number of thiazole rings is 1. The standard InChI is InChI=1S/C17H31N5S.HI/c1-14-20-15(12-23-14)11-22(5)16(18-2)19-13-17(21(3)4)9-7-6-8-10-17;/h12H,6-11,13H2,1-5H3,(H,18,19);1H. The maximum atomic E-state index is 4.55. The number of aliphatic imine (C=N–C) groups is 1. The van der Waals surface area contributed by atoms with Crippen LogP contribution in [0.1, 0.15) is 42.8 Å². The lowest BCUT2D eigenvalue weighted by molar-refractivity contribution is 0.103. The Bertz CT molecular complexity index is 523. The molecule has 0 aromatic carbocycles. The molecule has 1 fully saturated rings. The Morgan fingerprint density at radius 1 is 1.29 bits per heavy atom. The summed E-state index contributed by atoms with van der Waals surface area (Å²) in [5, 5.41) is 6.84. The van der Waals surface area contributed by atoms with Crippen LogP contribution < -0.4 is 5.32 Å². The van der Waals surface area contributed by atoms with Crippen molar-refractivity contribution in [2.75, 3.05) is 34.7 Å². The first kappa shape index (κ1) is 21.6. The van der Waals surface area contributed by atoms with Crippen LogP contribution >= 0.6 is 35.3 Å². The first-order valence-corrected chi connectivity index (χ1v) is 9.35. The van der Waals surface area contributed by atoms with Crippen molar-refractivity contribution in [1.29, 1.82) is 0 Å². The van der Waals surface area contributed by atoms with Gasteiger partial charge in [0.1, 0.15) is 0 Å². The SMILES string of the molecule is CN=C(NCC1(N(C)C)CCCCC1)N(C)Cc1csc(C)n1.I. The molecule has 0 saturated heterocycles. The van der Waals surface area contributed by atoms with Gasteiger partial charge < -0.3 is 15.1 Å². The molecule has 0 bridgehead atoms. The maximum absolute atomic E-state index is 4.55. The molecule has 1 aliphatic rings. The molecule has 1 N–H and O–H groups in total. The Kier molecular flexibility index (Phi) is 8.94. The molecule has 0 unspecified atom stereocenters. The number of nitrogens with zero attached hydrogens (tertiary/aromatic N) is 4. The number of hydrogen-bond donors (Lipinski definition) is 1. The average molecular weight is 465 g/mol. The lowest BCUT2D eigenvalue weighted by Crippen LogP contribution is -2.55. The third kappa shape index (κ3) is 5.56. The van der Waals surface area contributed by atoms with Crippen LogP contribution in [0.5, 0.6) is 0 Å². The van der Waals surface area contributed by atoms with E-state index >= 15 is 0 Å². The van der Waals surface area contributed by atoms with Crippen LogP contribution in [0, 0.1) is 6.92 Å². The summed E-state index contributed by atoms with van der Waals surface area (Å²) in [7, 11) is 8.34. The predicted octanol–water partition coefficient (Wildman–Crippen LogP) is 3.34. The van der Waals surface area contributed by atoms with E-state index in [1.165, 1.54) is 32.1 Å². The van der Waals surface area contributed by atoms with Gasteiger partial charge in [0.25, 0.3) is 0 Å². The molecule has 0 atom stereocenters. The minimum Gasteiger partial charge on any atom is -0.354 e. The van der Waals surface area contributed by atoms with E-state index in [1.807, 2.05) is 14.0 Å². The Morgan fingerprint density at radius 2 is 1.96 bits per heavy atom. The number of likely N-dealkylation sites (N-methyl/N-ethyl adjacent to an activating group) is 1. The summed E-state index contributed by atoms with van der Waals surface area (Å²) in [5.41, 5.74) is 1.37. The number of aryl methyl sites for hydroxylation is 1. The Labute approximate surface area is 168 Å². The molecule has 0 radical (unpaired) electrons.